The number of aliphatic hydroxyl groups is 2. The maximum Gasteiger partial charge on any atom is 0.469 e. The zero-order valence-corrected chi connectivity index (χ0v) is 16.5. The van der Waals surface area contributed by atoms with E-state index in [1.165, 1.54) is 19.1 Å². The summed E-state index contributed by atoms with van der Waals surface area (Å²) in [6.45, 7) is 0.627. The number of H-pyrrole nitrogens is 1. The van der Waals surface area contributed by atoms with Crippen molar-refractivity contribution < 1.29 is 38.6 Å². The number of rotatable bonds is 6. The van der Waals surface area contributed by atoms with Gasteiger partial charge in [-0.2, -0.15) is 0 Å². The number of hydrogen-bond acceptors (Lipinski definition) is 9. The van der Waals surface area contributed by atoms with Crippen LogP contribution >= 0.6 is 19.2 Å². The summed E-state index contributed by atoms with van der Waals surface area (Å²) in [5.41, 5.74) is -1.63. The number of aliphatic hydroxyl groups excluding tert-OH is 2. The molecular weight excluding hydrogens is 431 g/mol. The van der Waals surface area contributed by atoms with E-state index in [1.807, 2.05) is 0 Å². The topological polar surface area (TPSA) is 188 Å². The molecule has 4 atom stereocenters. The minimum Gasteiger partial charge on any atom is -0.387 e. The van der Waals surface area contributed by atoms with E-state index < -0.39 is 50.2 Å². The van der Waals surface area contributed by atoms with Crippen LogP contribution in [0, 0.1) is 0 Å². The van der Waals surface area contributed by atoms with Crippen LogP contribution in [0.4, 0.5) is 0 Å². The highest BCUT2D eigenvalue weighted by molar-refractivity contribution is 7.46. The Bertz CT molecular complexity index is 1090. The largest absolute Gasteiger partial charge is 0.469 e. The lowest BCUT2D eigenvalue weighted by atomic mass is 10.1. The van der Waals surface area contributed by atoms with E-state index in [9.17, 15) is 29.2 Å². The summed E-state index contributed by atoms with van der Waals surface area (Å²) < 4.78 is 21.3. The summed E-state index contributed by atoms with van der Waals surface area (Å²) in [5.74, 6) is -0.198. The number of hydrogen-bond donors (Lipinski definition) is 5. The van der Waals surface area contributed by atoms with Gasteiger partial charge in [-0.3, -0.25) is 23.7 Å². The lowest BCUT2D eigenvalue weighted by Gasteiger charge is -2.17. The molecule has 2 aromatic heterocycles. The normalized spacial score (nSPS) is 24.7. The van der Waals surface area contributed by atoms with Gasteiger partial charge in [0.25, 0.3) is 5.56 Å². The number of phosphoric ester groups is 1. The maximum atomic E-state index is 12.2. The fourth-order valence-corrected chi connectivity index (χ4v) is 4.04. The molecule has 1 saturated heterocycles. The molecule has 12 nitrogen and oxygen atoms in total. The van der Waals surface area contributed by atoms with Gasteiger partial charge < -0.3 is 24.7 Å². The Morgan fingerprint density at radius 3 is 2.59 bits per heavy atom. The van der Waals surface area contributed by atoms with Crippen LogP contribution in [0.2, 0.25) is 0 Å². The zero-order valence-electron chi connectivity index (χ0n) is 14.8. The highest BCUT2D eigenvalue weighted by Crippen LogP contribution is 2.38. The first-order chi connectivity index (χ1) is 13.5. The number of aromatic amines is 1. The highest BCUT2D eigenvalue weighted by Gasteiger charge is 2.45. The Balaban J connectivity index is 1.94. The molecule has 1 aliphatic rings. The summed E-state index contributed by atoms with van der Waals surface area (Å²) in [4.78, 5) is 56.3. The Labute approximate surface area is 166 Å². The minimum absolute atomic E-state index is 0.0299. The number of ether oxygens (including phenoxy) is 1. The van der Waals surface area contributed by atoms with E-state index in [0.29, 0.717) is 9.75 Å². The van der Waals surface area contributed by atoms with E-state index in [4.69, 9.17) is 14.5 Å². The molecule has 3 heterocycles. The second-order valence-electron chi connectivity index (χ2n) is 6.26. The van der Waals surface area contributed by atoms with Crippen molar-refractivity contribution in [2.24, 2.45) is 0 Å². The van der Waals surface area contributed by atoms with Gasteiger partial charge in [0.05, 0.1) is 17.0 Å². The number of phosphoric acid groups is 1. The number of thiophene rings is 1. The molecule has 0 saturated carbocycles. The molecule has 0 aliphatic carbocycles. The third-order valence-electron chi connectivity index (χ3n) is 4.20. The van der Waals surface area contributed by atoms with Crippen LogP contribution in [0.1, 0.15) is 22.8 Å². The lowest BCUT2D eigenvalue weighted by Crippen LogP contribution is -2.38. The van der Waals surface area contributed by atoms with Gasteiger partial charge in [0.15, 0.2) is 12.0 Å². The molecule has 5 N–H and O–H groups in total. The Kier molecular flexibility index (Phi) is 6.03. The van der Waals surface area contributed by atoms with Crippen molar-refractivity contribution in [2.75, 3.05) is 6.61 Å². The van der Waals surface area contributed by atoms with Gasteiger partial charge >= 0.3 is 13.5 Å². The van der Waals surface area contributed by atoms with E-state index in [2.05, 4.69) is 9.51 Å². The van der Waals surface area contributed by atoms with Crippen molar-refractivity contribution in [3.8, 4) is 10.4 Å². The average molecular weight is 448 g/mol. The molecule has 0 bridgehead atoms. The van der Waals surface area contributed by atoms with Crippen LogP contribution in [0.15, 0.2) is 27.9 Å². The summed E-state index contributed by atoms with van der Waals surface area (Å²) >= 11 is 1.03. The van der Waals surface area contributed by atoms with E-state index in [1.54, 1.807) is 0 Å². The third-order valence-corrected chi connectivity index (χ3v) is 5.91. The zero-order chi connectivity index (χ0) is 21.5. The van der Waals surface area contributed by atoms with E-state index >= 15 is 0 Å². The summed E-state index contributed by atoms with van der Waals surface area (Å²) in [7, 11) is -4.84. The monoisotopic (exact) mass is 448 g/mol. The van der Waals surface area contributed by atoms with Crippen LogP contribution in [0.5, 0.6) is 0 Å². The fourth-order valence-electron chi connectivity index (χ4n) is 2.79. The van der Waals surface area contributed by atoms with Crippen LogP contribution in [0.25, 0.3) is 10.4 Å². The number of nitrogens with zero attached hydrogens (tertiary/aromatic N) is 1. The molecule has 0 spiro atoms. The Hall–Kier alpha value is -1.96. The van der Waals surface area contributed by atoms with Crippen LogP contribution < -0.4 is 11.2 Å². The van der Waals surface area contributed by atoms with Gasteiger partial charge in [0.2, 0.25) is 0 Å². The van der Waals surface area contributed by atoms with Crippen LogP contribution in [-0.4, -0.2) is 60.3 Å². The number of carbonyl (C=O) groups is 1. The quantitative estimate of drug-likeness (QED) is 0.276. The van der Waals surface area contributed by atoms with Gasteiger partial charge in [-0.15, -0.1) is 11.3 Å². The molecule has 0 unspecified atom stereocenters. The minimum atomic E-state index is -4.84. The van der Waals surface area contributed by atoms with E-state index in [-0.39, 0.29) is 11.3 Å². The average Bonchev–Trinajstić information content (AvgIpc) is 3.20. The van der Waals surface area contributed by atoms with Gasteiger partial charge in [-0.25, -0.2) is 9.36 Å². The van der Waals surface area contributed by atoms with Crippen molar-refractivity contribution in [3.63, 3.8) is 0 Å². The number of Topliss-reactive ketones (excluding diaryl/α,β-unsaturated/α-hetero) is 1. The molecule has 0 amide bonds. The third kappa shape index (κ3) is 4.63. The second-order valence-corrected chi connectivity index (χ2v) is 8.59. The number of aromatic nitrogens is 2. The smallest absolute Gasteiger partial charge is 0.387 e. The first-order valence-electron chi connectivity index (χ1n) is 8.16. The predicted octanol–water partition coefficient (Wildman–Crippen LogP) is -0.804. The van der Waals surface area contributed by atoms with Gasteiger partial charge in [0.1, 0.15) is 18.3 Å². The Morgan fingerprint density at radius 2 is 2.00 bits per heavy atom. The maximum absolute atomic E-state index is 12.2. The van der Waals surface area contributed by atoms with Crippen LogP contribution in [-0.2, 0) is 13.8 Å². The molecule has 29 heavy (non-hydrogen) atoms. The highest BCUT2D eigenvalue weighted by atomic mass is 32.1. The standard InChI is InChI=1S/C15H17N2O10PS/c1-6(18)9-2-3-10(29-9)7-4-17(15(22)16-13(7)21)14-12(20)11(19)8(27-14)5-26-28(23,24)25/h2-4,8,11-12,14,19-20H,5H2,1H3,(H,16,21,22)(H2,23,24,25)/t8-,11-,12-,14-/m1/s1. The molecule has 1 fully saturated rings. The Morgan fingerprint density at radius 1 is 1.31 bits per heavy atom. The van der Waals surface area contributed by atoms with Crippen LogP contribution in [0.3, 0.4) is 0 Å². The molecule has 158 valence electrons. The first kappa shape index (κ1) is 21.7. The predicted molar refractivity (Wildman–Crippen MR) is 98.6 cm³/mol. The molecule has 1 aliphatic heterocycles. The summed E-state index contributed by atoms with van der Waals surface area (Å²) in [6, 6.07) is 3.05. The molecule has 0 aromatic carbocycles. The van der Waals surface area contributed by atoms with Gasteiger partial charge in [-0.1, -0.05) is 0 Å². The van der Waals surface area contributed by atoms with Crippen molar-refractivity contribution in [1.82, 2.24) is 9.55 Å². The van der Waals surface area contributed by atoms with Crippen molar-refractivity contribution in [2.45, 2.75) is 31.5 Å². The summed E-state index contributed by atoms with van der Waals surface area (Å²) in [6.07, 6.45) is -4.93. The summed E-state index contributed by atoms with van der Waals surface area (Å²) in [5, 5.41) is 20.3. The number of nitrogens with one attached hydrogen (secondary N) is 1. The fraction of sp³-hybridized carbons (Fsp3) is 0.400. The van der Waals surface area contributed by atoms with E-state index in [0.717, 1.165) is 22.1 Å². The van der Waals surface area contributed by atoms with Crippen molar-refractivity contribution in [3.05, 3.63) is 44.0 Å². The van der Waals surface area contributed by atoms with Gasteiger partial charge in [0, 0.05) is 11.1 Å². The molecule has 14 heteroatoms. The lowest BCUT2D eigenvalue weighted by molar-refractivity contribution is -0.0542. The van der Waals surface area contributed by atoms with Crippen molar-refractivity contribution >= 4 is 24.9 Å². The molecule has 2 aromatic rings. The molecule has 3 rings (SSSR count). The second kappa shape index (κ2) is 8.05. The number of ketones is 1. The SMILES string of the molecule is CC(=O)c1ccc(-c2cn([C@@H]3O[C@H](COP(=O)(O)O)[C@@H](O)[C@H]3O)c(=O)[nH]c2=O)s1. The van der Waals surface area contributed by atoms with Gasteiger partial charge in [-0.05, 0) is 19.1 Å². The molecule has 0 radical (unpaired) electrons. The first-order valence-corrected chi connectivity index (χ1v) is 10.5. The number of carbonyl (C=O) groups excluding carboxylic acids is 1. The van der Waals surface area contributed by atoms with Crippen molar-refractivity contribution in [1.29, 1.82) is 0 Å². The molecular formula is C15H17N2O10PS.